The first-order chi connectivity index (χ1) is 12.1. The monoisotopic (exact) mass is 348 g/mol. The van der Waals surface area contributed by atoms with E-state index in [9.17, 15) is 4.79 Å². The van der Waals surface area contributed by atoms with E-state index < -0.39 is 0 Å². The number of hydrogen-bond donors (Lipinski definition) is 0. The lowest BCUT2D eigenvalue weighted by atomic mass is 9.83. The molecule has 0 heterocycles. The maximum atomic E-state index is 11.0. The summed E-state index contributed by atoms with van der Waals surface area (Å²) in [5, 5.41) is 0. The zero-order chi connectivity index (χ0) is 18.5. The van der Waals surface area contributed by atoms with Crippen LogP contribution in [0.1, 0.15) is 85.0 Å². The first kappa shape index (κ1) is 22.0. The van der Waals surface area contributed by atoms with Crippen LogP contribution in [0.4, 0.5) is 0 Å². The van der Waals surface area contributed by atoms with Crippen molar-refractivity contribution in [3.05, 3.63) is 24.3 Å². The lowest BCUT2D eigenvalue weighted by molar-refractivity contribution is -0.134. The molecule has 1 aliphatic rings. The third kappa shape index (κ3) is 9.87. The van der Waals surface area contributed by atoms with Crippen LogP contribution in [0.25, 0.3) is 0 Å². The Morgan fingerprint density at radius 2 is 1.84 bits per heavy atom. The molecular formula is C23H40O2. The molecule has 0 amide bonds. The predicted molar refractivity (Wildman–Crippen MR) is 107 cm³/mol. The Morgan fingerprint density at radius 3 is 2.56 bits per heavy atom. The highest BCUT2D eigenvalue weighted by molar-refractivity contribution is 5.82. The Bertz CT molecular complexity index is 410. The Labute approximate surface area is 156 Å². The molecule has 2 nitrogen and oxygen atoms in total. The number of rotatable bonds is 12. The van der Waals surface area contributed by atoms with Crippen molar-refractivity contribution in [1.29, 1.82) is 0 Å². The summed E-state index contributed by atoms with van der Waals surface area (Å²) < 4.78 is 4.60. The van der Waals surface area contributed by atoms with Gasteiger partial charge in [0.1, 0.15) is 0 Å². The van der Waals surface area contributed by atoms with Gasteiger partial charge in [-0.15, -0.1) is 0 Å². The maximum absolute atomic E-state index is 11.0. The van der Waals surface area contributed by atoms with Gasteiger partial charge >= 0.3 is 5.97 Å². The second kappa shape index (κ2) is 13.2. The summed E-state index contributed by atoms with van der Waals surface area (Å²) in [5.74, 6) is 3.04. The van der Waals surface area contributed by atoms with Crippen molar-refractivity contribution >= 4 is 5.97 Å². The maximum Gasteiger partial charge on any atom is 0.330 e. The smallest absolute Gasteiger partial charge is 0.330 e. The van der Waals surface area contributed by atoms with Crippen molar-refractivity contribution in [3.8, 4) is 0 Å². The van der Waals surface area contributed by atoms with Gasteiger partial charge in [-0.1, -0.05) is 96.8 Å². The molecule has 25 heavy (non-hydrogen) atoms. The highest BCUT2D eigenvalue weighted by Gasteiger charge is 2.27. The van der Waals surface area contributed by atoms with Gasteiger partial charge in [0.25, 0.3) is 0 Å². The number of unbranched alkanes of at least 4 members (excludes halogenated alkanes) is 1. The minimum Gasteiger partial charge on any atom is -0.466 e. The molecule has 0 N–H and O–H groups in total. The SMILES string of the molecule is CCCCC(C)CCC[C@H]1CCC[C@@H]1CC(C)C=CC=CC(=O)OC. The Kier molecular flexibility index (Phi) is 11.6. The van der Waals surface area contributed by atoms with Crippen LogP contribution in [-0.4, -0.2) is 13.1 Å². The van der Waals surface area contributed by atoms with Gasteiger partial charge in [-0.25, -0.2) is 4.79 Å². The third-order valence-electron chi connectivity index (χ3n) is 5.80. The molecule has 0 aromatic carbocycles. The van der Waals surface area contributed by atoms with Crippen LogP contribution in [0.15, 0.2) is 24.3 Å². The summed E-state index contributed by atoms with van der Waals surface area (Å²) in [4.78, 5) is 11.0. The molecule has 2 heteroatoms. The topological polar surface area (TPSA) is 26.3 Å². The predicted octanol–water partition coefficient (Wildman–Crippen LogP) is 6.71. The summed E-state index contributed by atoms with van der Waals surface area (Å²) >= 11 is 0. The van der Waals surface area contributed by atoms with E-state index in [1.807, 2.05) is 6.08 Å². The Morgan fingerprint density at radius 1 is 1.12 bits per heavy atom. The van der Waals surface area contributed by atoms with E-state index in [-0.39, 0.29) is 5.97 Å². The van der Waals surface area contributed by atoms with Crippen molar-refractivity contribution in [3.63, 3.8) is 0 Å². The van der Waals surface area contributed by atoms with E-state index in [0.29, 0.717) is 5.92 Å². The van der Waals surface area contributed by atoms with Gasteiger partial charge in [0.15, 0.2) is 0 Å². The van der Waals surface area contributed by atoms with Crippen molar-refractivity contribution in [2.45, 2.75) is 85.0 Å². The number of allylic oxidation sites excluding steroid dienone is 3. The molecule has 0 aliphatic heterocycles. The third-order valence-corrected chi connectivity index (χ3v) is 5.80. The van der Waals surface area contributed by atoms with Crippen LogP contribution in [0.5, 0.6) is 0 Å². The van der Waals surface area contributed by atoms with E-state index in [0.717, 1.165) is 17.8 Å². The second-order valence-corrected chi connectivity index (χ2v) is 8.11. The van der Waals surface area contributed by atoms with E-state index in [1.54, 1.807) is 6.08 Å². The number of ether oxygens (including phenoxy) is 1. The molecule has 0 aromatic heterocycles. The number of hydrogen-bond acceptors (Lipinski definition) is 2. The van der Waals surface area contributed by atoms with Gasteiger partial charge in [-0.2, -0.15) is 0 Å². The largest absolute Gasteiger partial charge is 0.466 e. The highest BCUT2D eigenvalue weighted by Crippen LogP contribution is 2.39. The minimum atomic E-state index is -0.290. The van der Waals surface area contributed by atoms with Crippen LogP contribution >= 0.6 is 0 Å². The number of carbonyl (C=O) groups is 1. The van der Waals surface area contributed by atoms with Gasteiger partial charge in [-0.05, 0) is 30.1 Å². The zero-order valence-corrected chi connectivity index (χ0v) is 17.0. The van der Waals surface area contributed by atoms with Gasteiger partial charge in [-0.3, -0.25) is 0 Å². The number of carbonyl (C=O) groups excluding carboxylic acids is 1. The molecule has 0 radical (unpaired) electrons. The molecule has 4 atom stereocenters. The molecule has 0 bridgehead atoms. The second-order valence-electron chi connectivity index (χ2n) is 8.11. The Hall–Kier alpha value is -1.05. The van der Waals surface area contributed by atoms with Gasteiger partial charge in [0.05, 0.1) is 7.11 Å². The number of methoxy groups -OCH3 is 1. The molecule has 144 valence electrons. The van der Waals surface area contributed by atoms with E-state index in [1.165, 1.54) is 77.4 Å². The van der Waals surface area contributed by atoms with Crippen molar-refractivity contribution in [1.82, 2.24) is 0 Å². The first-order valence-electron chi connectivity index (χ1n) is 10.5. The van der Waals surface area contributed by atoms with Crippen LogP contribution in [-0.2, 0) is 9.53 Å². The van der Waals surface area contributed by atoms with Crippen molar-refractivity contribution in [2.75, 3.05) is 7.11 Å². The summed E-state index contributed by atoms with van der Waals surface area (Å²) in [5.41, 5.74) is 0. The normalized spacial score (nSPS) is 23.4. The Balaban J connectivity index is 2.28. The first-order valence-corrected chi connectivity index (χ1v) is 10.5. The van der Waals surface area contributed by atoms with Gasteiger partial charge in [0, 0.05) is 6.08 Å². The summed E-state index contributed by atoms with van der Waals surface area (Å²) in [7, 11) is 1.41. The molecule has 0 aromatic rings. The molecule has 1 fully saturated rings. The van der Waals surface area contributed by atoms with Crippen molar-refractivity contribution in [2.24, 2.45) is 23.7 Å². The van der Waals surface area contributed by atoms with Crippen LogP contribution in [0.2, 0.25) is 0 Å². The molecule has 1 aliphatic carbocycles. The van der Waals surface area contributed by atoms with E-state index >= 15 is 0 Å². The van der Waals surface area contributed by atoms with E-state index in [4.69, 9.17) is 0 Å². The standard InChI is InChI=1S/C23H40O2/c1-5-6-11-19(2)13-9-14-21-15-10-16-22(21)18-20(3)12-7-8-17-23(24)25-4/h7-8,12,17,19-22H,5-6,9-11,13-16,18H2,1-4H3/t19?,20?,21-,22+/m0/s1. The fourth-order valence-electron chi connectivity index (χ4n) is 4.24. The van der Waals surface area contributed by atoms with Gasteiger partial charge in [0.2, 0.25) is 0 Å². The zero-order valence-electron chi connectivity index (χ0n) is 17.0. The lowest BCUT2D eigenvalue weighted by Gasteiger charge is -2.22. The van der Waals surface area contributed by atoms with Crippen molar-refractivity contribution < 1.29 is 9.53 Å². The molecule has 2 unspecified atom stereocenters. The van der Waals surface area contributed by atoms with Crippen LogP contribution in [0.3, 0.4) is 0 Å². The summed E-state index contributed by atoms with van der Waals surface area (Å²) in [6.07, 6.45) is 21.4. The van der Waals surface area contributed by atoms with Gasteiger partial charge < -0.3 is 4.74 Å². The van der Waals surface area contributed by atoms with E-state index in [2.05, 4.69) is 31.6 Å². The molecular weight excluding hydrogens is 308 g/mol. The summed E-state index contributed by atoms with van der Waals surface area (Å²) in [6, 6.07) is 0. The lowest BCUT2D eigenvalue weighted by Crippen LogP contribution is -2.11. The summed E-state index contributed by atoms with van der Waals surface area (Å²) in [6.45, 7) is 7.01. The molecule has 0 saturated heterocycles. The highest BCUT2D eigenvalue weighted by atomic mass is 16.5. The number of esters is 1. The molecule has 0 spiro atoms. The minimum absolute atomic E-state index is 0.290. The average Bonchev–Trinajstić information content (AvgIpc) is 3.03. The fourth-order valence-corrected chi connectivity index (χ4v) is 4.24. The molecule has 1 saturated carbocycles. The molecule has 1 rings (SSSR count). The fraction of sp³-hybridized carbons (Fsp3) is 0.783. The van der Waals surface area contributed by atoms with Crippen LogP contribution < -0.4 is 0 Å². The average molecular weight is 349 g/mol. The van der Waals surface area contributed by atoms with Crippen LogP contribution in [0, 0.1) is 23.7 Å². The quantitative estimate of drug-likeness (QED) is 0.222.